The molecule has 0 aromatic rings. The van der Waals surface area contributed by atoms with E-state index in [1.165, 1.54) is 58.0 Å². The average Bonchev–Trinajstić information content (AvgIpc) is 2.69. The molecule has 0 aliphatic heterocycles. The zero-order valence-corrected chi connectivity index (χ0v) is 12.1. The minimum atomic E-state index is 0.486. The molecule has 0 spiro atoms. The lowest BCUT2D eigenvalue weighted by Crippen LogP contribution is -2.35. The molecule has 2 N–H and O–H groups in total. The maximum absolute atomic E-state index is 6.14. The van der Waals surface area contributed by atoms with E-state index in [1.54, 1.807) is 0 Å². The summed E-state index contributed by atoms with van der Waals surface area (Å²) in [5.74, 6) is 0.794. The van der Waals surface area contributed by atoms with E-state index in [9.17, 15) is 0 Å². The molecule has 1 saturated carbocycles. The zero-order chi connectivity index (χ0) is 12.7. The van der Waals surface area contributed by atoms with Crippen molar-refractivity contribution in [2.75, 3.05) is 13.1 Å². The number of rotatable bonds is 8. The molecule has 1 aliphatic carbocycles. The summed E-state index contributed by atoms with van der Waals surface area (Å²) in [6.45, 7) is 9.44. The molecular formula is C15H32N2. The highest BCUT2D eigenvalue weighted by atomic mass is 15.1. The summed E-state index contributed by atoms with van der Waals surface area (Å²) in [4.78, 5) is 2.64. The smallest absolute Gasteiger partial charge is 0.00676 e. The molecule has 0 amide bonds. The number of unbranched alkanes of at least 4 members (excludes halogenated alkanes) is 2. The van der Waals surface area contributed by atoms with Gasteiger partial charge in [0.15, 0.2) is 0 Å². The lowest BCUT2D eigenvalue weighted by molar-refractivity contribution is 0.199. The van der Waals surface area contributed by atoms with Crippen LogP contribution in [0.2, 0.25) is 0 Å². The minimum Gasteiger partial charge on any atom is -0.327 e. The summed E-state index contributed by atoms with van der Waals surface area (Å²) in [5, 5.41) is 0. The minimum absolute atomic E-state index is 0.486. The molecule has 102 valence electrons. The van der Waals surface area contributed by atoms with E-state index in [-0.39, 0.29) is 0 Å². The molecule has 2 atom stereocenters. The third kappa shape index (κ3) is 5.39. The van der Waals surface area contributed by atoms with Crippen LogP contribution in [0.25, 0.3) is 0 Å². The number of nitrogens with two attached hydrogens (primary N) is 1. The molecule has 0 bridgehead atoms. The highest BCUT2D eigenvalue weighted by Gasteiger charge is 2.24. The quantitative estimate of drug-likeness (QED) is 0.659. The third-order valence-electron chi connectivity index (χ3n) is 4.28. The number of hydrogen-bond donors (Lipinski definition) is 1. The van der Waals surface area contributed by atoms with Crippen LogP contribution in [0.5, 0.6) is 0 Å². The van der Waals surface area contributed by atoms with Gasteiger partial charge in [-0.1, -0.05) is 26.2 Å². The summed E-state index contributed by atoms with van der Waals surface area (Å²) in [6, 6.07) is 1.17. The fraction of sp³-hybridized carbons (Fsp3) is 1.00. The van der Waals surface area contributed by atoms with Gasteiger partial charge in [0.05, 0.1) is 0 Å². The predicted octanol–water partition coefficient (Wildman–Crippen LogP) is 3.40. The SMILES string of the molecule is CCCCCN(CCC1CCCC1N)C(C)C. The van der Waals surface area contributed by atoms with Crippen LogP contribution in [-0.2, 0) is 0 Å². The molecular weight excluding hydrogens is 208 g/mol. The second kappa shape index (κ2) is 8.10. The summed E-state index contributed by atoms with van der Waals surface area (Å²) in [7, 11) is 0. The molecule has 0 radical (unpaired) electrons. The highest BCUT2D eigenvalue weighted by molar-refractivity contribution is 4.81. The average molecular weight is 240 g/mol. The second-order valence-electron chi connectivity index (χ2n) is 5.98. The Morgan fingerprint density at radius 1 is 1.18 bits per heavy atom. The Morgan fingerprint density at radius 2 is 1.94 bits per heavy atom. The Morgan fingerprint density at radius 3 is 2.47 bits per heavy atom. The largest absolute Gasteiger partial charge is 0.327 e. The van der Waals surface area contributed by atoms with Crippen molar-refractivity contribution < 1.29 is 0 Å². The van der Waals surface area contributed by atoms with Gasteiger partial charge in [0, 0.05) is 12.1 Å². The van der Waals surface area contributed by atoms with Gasteiger partial charge in [-0.05, 0) is 58.5 Å². The fourth-order valence-electron chi connectivity index (χ4n) is 2.95. The monoisotopic (exact) mass is 240 g/mol. The third-order valence-corrected chi connectivity index (χ3v) is 4.28. The van der Waals surface area contributed by atoms with E-state index in [2.05, 4.69) is 25.7 Å². The van der Waals surface area contributed by atoms with E-state index >= 15 is 0 Å². The first kappa shape index (κ1) is 15.0. The van der Waals surface area contributed by atoms with Crippen molar-refractivity contribution in [3.8, 4) is 0 Å². The van der Waals surface area contributed by atoms with Gasteiger partial charge in [0.1, 0.15) is 0 Å². The van der Waals surface area contributed by atoms with E-state index in [0.717, 1.165) is 5.92 Å². The van der Waals surface area contributed by atoms with Crippen LogP contribution in [0.1, 0.15) is 65.7 Å². The Labute approximate surface area is 108 Å². The van der Waals surface area contributed by atoms with Crippen molar-refractivity contribution >= 4 is 0 Å². The first-order chi connectivity index (χ1) is 8.15. The molecule has 17 heavy (non-hydrogen) atoms. The number of nitrogens with zero attached hydrogens (tertiary/aromatic N) is 1. The first-order valence-electron chi connectivity index (χ1n) is 7.64. The summed E-state index contributed by atoms with van der Waals surface area (Å²) < 4.78 is 0. The van der Waals surface area contributed by atoms with Gasteiger partial charge in [-0.15, -0.1) is 0 Å². The van der Waals surface area contributed by atoms with Crippen LogP contribution in [0, 0.1) is 5.92 Å². The molecule has 1 fully saturated rings. The van der Waals surface area contributed by atoms with Gasteiger partial charge in [-0.25, -0.2) is 0 Å². The number of hydrogen-bond acceptors (Lipinski definition) is 2. The van der Waals surface area contributed by atoms with Crippen LogP contribution >= 0.6 is 0 Å². The standard InChI is InChI=1S/C15H32N2/c1-4-5-6-11-17(13(2)3)12-10-14-8-7-9-15(14)16/h13-15H,4-12,16H2,1-3H3. The van der Waals surface area contributed by atoms with Crippen molar-refractivity contribution in [3.63, 3.8) is 0 Å². The van der Waals surface area contributed by atoms with Gasteiger partial charge in [0.25, 0.3) is 0 Å². The molecule has 2 unspecified atom stereocenters. The van der Waals surface area contributed by atoms with Gasteiger partial charge in [-0.3, -0.25) is 0 Å². The fourth-order valence-corrected chi connectivity index (χ4v) is 2.95. The molecule has 2 heteroatoms. The van der Waals surface area contributed by atoms with Crippen LogP contribution < -0.4 is 5.73 Å². The second-order valence-corrected chi connectivity index (χ2v) is 5.98. The molecule has 2 nitrogen and oxygen atoms in total. The van der Waals surface area contributed by atoms with Crippen LogP contribution in [0.15, 0.2) is 0 Å². The summed E-state index contributed by atoms with van der Waals surface area (Å²) in [6.07, 6.45) is 9.32. The van der Waals surface area contributed by atoms with Crippen molar-refractivity contribution in [3.05, 3.63) is 0 Å². The van der Waals surface area contributed by atoms with Crippen LogP contribution in [0.3, 0.4) is 0 Å². The van der Waals surface area contributed by atoms with Crippen LogP contribution in [0.4, 0.5) is 0 Å². The lowest BCUT2D eigenvalue weighted by atomic mass is 9.99. The highest BCUT2D eigenvalue weighted by Crippen LogP contribution is 2.27. The predicted molar refractivity (Wildman–Crippen MR) is 76.2 cm³/mol. The molecule has 1 rings (SSSR count). The van der Waals surface area contributed by atoms with E-state index in [1.807, 2.05) is 0 Å². The molecule has 0 aromatic carbocycles. The van der Waals surface area contributed by atoms with Gasteiger partial charge in [-0.2, -0.15) is 0 Å². The van der Waals surface area contributed by atoms with Gasteiger partial charge < -0.3 is 10.6 Å². The van der Waals surface area contributed by atoms with E-state index in [0.29, 0.717) is 12.1 Å². The Balaban J connectivity index is 2.23. The van der Waals surface area contributed by atoms with E-state index < -0.39 is 0 Å². The molecule has 0 heterocycles. The van der Waals surface area contributed by atoms with Gasteiger partial charge in [0.2, 0.25) is 0 Å². The van der Waals surface area contributed by atoms with Gasteiger partial charge >= 0.3 is 0 Å². The Bertz CT molecular complexity index is 191. The van der Waals surface area contributed by atoms with Crippen molar-refractivity contribution in [1.29, 1.82) is 0 Å². The summed E-state index contributed by atoms with van der Waals surface area (Å²) in [5.41, 5.74) is 6.14. The van der Waals surface area contributed by atoms with E-state index in [4.69, 9.17) is 5.73 Å². The zero-order valence-electron chi connectivity index (χ0n) is 12.1. The topological polar surface area (TPSA) is 29.3 Å². The molecule has 1 aliphatic rings. The molecule has 0 aromatic heterocycles. The Kier molecular flexibility index (Phi) is 7.14. The summed E-state index contributed by atoms with van der Waals surface area (Å²) >= 11 is 0. The van der Waals surface area contributed by atoms with Crippen LogP contribution in [-0.4, -0.2) is 30.1 Å². The lowest BCUT2D eigenvalue weighted by Gasteiger charge is -2.28. The van der Waals surface area contributed by atoms with Crippen molar-refractivity contribution in [2.45, 2.75) is 77.8 Å². The Hall–Kier alpha value is -0.0800. The molecule has 0 saturated heterocycles. The normalized spacial score (nSPS) is 25.1. The van der Waals surface area contributed by atoms with Crippen molar-refractivity contribution in [2.24, 2.45) is 11.7 Å². The maximum Gasteiger partial charge on any atom is 0.00676 e. The van der Waals surface area contributed by atoms with Crippen molar-refractivity contribution in [1.82, 2.24) is 4.90 Å². The maximum atomic E-state index is 6.14. The first-order valence-corrected chi connectivity index (χ1v) is 7.64.